The molecule has 1 aliphatic rings. The van der Waals surface area contributed by atoms with E-state index in [1.165, 1.54) is 5.69 Å². The molecule has 1 unspecified atom stereocenters. The SMILES string of the molecule is CC=Cc1ccc(OCC(O)CN2CCN(c3ccccc3)CC2)c(OC)c1. The minimum atomic E-state index is -0.539. The smallest absolute Gasteiger partial charge is 0.161 e. The molecule has 1 N–H and O–H groups in total. The van der Waals surface area contributed by atoms with E-state index >= 15 is 0 Å². The van der Waals surface area contributed by atoms with Crippen LogP contribution in [0.4, 0.5) is 5.69 Å². The third-order valence-electron chi connectivity index (χ3n) is 4.94. The van der Waals surface area contributed by atoms with Gasteiger partial charge in [-0.25, -0.2) is 0 Å². The van der Waals surface area contributed by atoms with Gasteiger partial charge in [0.1, 0.15) is 12.7 Å². The summed E-state index contributed by atoms with van der Waals surface area (Å²) in [5, 5.41) is 10.4. The number of hydrogen-bond acceptors (Lipinski definition) is 5. The fourth-order valence-electron chi connectivity index (χ4n) is 3.46. The summed E-state index contributed by atoms with van der Waals surface area (Å²) < 4.78 is 11.2. The molecule has 1 saturated heterocycles. The van der Waals surface area contributed by atoms with Gasteiger partial charge in [-0.2, -0.15) is 0 Å². The van der Waals surface area contributed by atoms with Gasteiger partial charge in [0, 0.05) is 38.4 Å². The van der Waals surface area contributed by atoms with Crippen molar-refractivity contribution in [3.05, 3.63) is 60.2 Å². The van der Waals surface area contributed by atoms with Crippen LogP contribution in [-0.2, 0) is 0 Å². The molecule has 28 heavy (non-hydrogen) atoms. The van der Waals surface area contributed by atoms with Crippen molar-refractivity contribution in [3.8, 4) is 11.5 Å². The average molecular weight is 383 g/mol. The molecule has 0 aromatic heterocycles. The molecule has 0 bridgehead atoms. The van der Waals surface area contributed by atoms with Crippen LogP contribution in [0.2, 0.25) is 0 Å². The van der Waals surface area contributed by atoms with E-state index < -0.39 is 6.10 Å². The van der Waals surface area contributed by atoms with E-state index in [4.69, 9.17) is 9.47 Å². The van der Waals surface area contributed by atoms with Crippen molar-refractivity contribution in [1.29, 1.82) is 0 Å². The van der Waals surface area contributed by atoms with Crippen molar-refractivity contribution in [2.45, 2.75) is 13.0 Å². The highest BCUT2D eigenvalue weighted by molar-refractivity contribution is 5.55. The van der Waals surface area contributed by atoms with E-state index in [0.29, 0.717) is 18.0 Å². The number of methoxy groups -OCH3 is 1. The van der Waals surface area contributed by atoms with Gasteiger partial charge in [0.15, 0.2) is 11.5 Å². The summed E-state index contributed by atoms with van der Waals surface area (Å²) in [5.41, 5.74) is 2.32. The molecule has 0 spiro atoms. The van der Waals surface area contributed by atoms with Crippen LogP contribution in [0.5, 0.6) is 11.5 Å². The number of hydrogen-bond donors (Lipinski definition) is 1. The topological polar surface area (TPSA) is 45.2 Å². The molecule has 5 nitrogen and oxygen atoms in total. The Balaban J connectivity index is 1.46. The van der Waals surface area contributed by atoms with Gasteiger partial charge in [-0.05, 0) is 36.8 Å². The van der Waals surface area contributed by atoms with Gasteiger partial charge < -0.3 is 19.5 Å². The van der Waals surface area contributed by atoms with Gasteiger partial charge in [0.2, 0.25) is 0 Å². The minimum Gasteiger partial charge on any atom is -0.493 e. The van der Waals surface area contributed by atoms with Gasteiger partial charge in [0.05, 0.1) is 7.11 Å². The number of rotatable bonds is 8. The maximum absolute atomic E-state index is 10.4. The van der Waals surface area contributed by atoms with E-state index in [1.807, 2.05) is 43.3 Å². The van der Waals surface area contributed by atoms with Crippen LogP contribution >= 0.6 is 0 Å². The number of aliphatic hydroxyl groups excluding tert-OH is 1. The fraction of sp³-hybridized carbons (Fsp3) is 0.391. The lowest BCUT2D eigenvalue weighted by Gasteiger charge is -2.36. The molecule has 2 aromatic rings. The number of ether oxygens (including phenoxy) is 2. The van der Waals surface area contributed by atoms with Crippen molar-refractivity contribution in [2.75, 3.05) is 51.3 Å². The Labute approximate surface area is 167 Å². The van der Waals surface area contributed by atoms with Crippen LogP contribution in [0, 0.1) is 0 Å². The Morgan fingerprint density at radius 2 is 1.79 bits per heavy atom. The summed E-state index contributed by atoms with van der Waals surface area (Å²) in [7, 11) is 1.63. The van der Waals surface area contributed by atoms with E-state index in [0.717, 1.165) is 31.7 Å². The summed E-state index contributed by atoms with van der Waals surface area (Å²) >= 11 is 0. The molecule has 2 aromatic carbocycles. The Morgan fingerprint density at radius 3 is 2.46 bits per heavy atom. The van der Waals surface area contributed by atoms with E-state index in [-0.39, 0.29) is 6.61 Å². The number of para-hydroxylation sites is 1. The monoisotopic (exact) mass is 382 g/mol. The molecule has 0 radical (unpaired) electrons. The first-order chi connectivity index (χ1) is 13.7. The molecular weight excluding hydrogens is 352 g/mol. The molecule has 3 rings (SSSR count). The van der Waals surface area contributed by atoms with E-state index in [2.05, 4.69) is 34.1 Å². The molecule has 150 valence electrons. The van der Waals surface area contributed by atoms with Crippen molar-refractivity contribution >= 4 is 11.8 Å². The summed E-state index contributed by atoms with van der Waals surface area (Å²) in [6, 6.07) is 16.3. The van der Waals surface area contributed by atoms with Gasteiger partial charge in [0.25, 0.3) is 0 Å². The molecule has 0 saturated carbocycles. The average Bonchev–Trinajstić information content (AvgIpc) is 2.74. The second-order valence-electron chi connectivity index (χ2n) is 7.00. The molecule has 1 fully saturated rings. The lowest BCUT2D eigenvalue weighted by Crippen LogP contribution is -2.49. The molecular formula is C23H30N2O3. The maximum Gasteiger partial charge on any atom is 0.161 e. The summed E-state index contributed by atoms with van der Waals surface area (Å²) in [5.74, 6) is 1.34. The predicted octanol–water partition coefficient (Wildman–Crippen LogP) is 3.29. The number of β-amino-alcohol motifs (C(OH)–C–C–N with tert-alkyl or cyclic N) is 1. The van der Waals surface area contributed by atoms with Gasteiger partial charge in [-0.1, -0.05) is 36.4 Å². The lowest BCUT2D eigenvalue weighted by atomic mass is 10.2. The first-order valence-corrected chi connectivity index (χ1v) is 9.83. The van der Waals surface area contributed by atoms with Crippen molar-refractivity contribution in [3.63, 3.8) is 0 Å². The van der Waals surface area contributed by atoms with Crippen molar-refractivity contribution in [2.24, 2.45) is 0 Å². The van der Waals surface area contributed by atoms with Crippen LogP contribution < -0.4 is 14.4 Å². The minimum absolute atomic E-state index is 0.248. The predicted molar refractivity (Wildman–Crippen MR) is 114 cm³/mol. The third-order valence-corrected chi connectivity index (χ3v) is 4.94. The highest BCUT2D eigenvalue weighted by Crippen LogP contribution is 2.28. The van der Waals surface area contributed by atoms with E-state index in [9.17, 15) is 5.11 Å². The number of nitrogens with zero attached hydrogens (tertiary/aromatic N) is 2. The zero-order chi connectivity index (χ0) is 19.8. The zero-order valence-electron chi connectivity index (χ0n) is 16.8. The second kappa shape index (κ2) is 10.2. The van der Waals surface area contributed by atoms with Crippen molar-refractivity contribution < 1.29 is 14.6 Å². The van der Waals surface area contributed by atoms with Gasteiger partial charge >= 0.3 is 0 Å². The van der Waals surface area contributed by atoms with Gasteiger partial charge in [-0.15, -0.1) is 0 Å². The molecule has 0 aliphatic carbocycles. The van der Waals surface area contributed by atoms with Crippen molar-refractivity contribution in [1.82, 2.24) is 4.90 Å². The second-order valence-corrected chi connectivity index (χ2v) is 7.00. The third kappa shape index (κ3) is 5.50. The van der Waals surface area contributed by atoms with Crippen LogP contribution in [0.1, 0.15) is 12.5 Å². The largest absolute Gasteiger partial charge is 0.493 e. The quantitative estimate of drug-likeness (QED) is 0.759. The number of benzene rings is 2. The normalized spacial score (nSPS) is 16.3. The zero-order valence-corrected chi connectivity index (χ0v) is 16.8. The molecule has 5 heteroatoms. The van der Waals surface area contributed by atoms with Crippen LogP contribution in [0.3, 0.4) is 0 Å². The highest BCUT2D eigenvalue weighted by Gasteiger charge is 2.20. The number of anilines is 1. The fourth-order valence-corrected chi connectivity index (χ4v) is 3.46. The molecule has 1 heterocycles. The molecule has 0 amide bonds. The standard InChI is InChI=1S/C23H30N2O3/c1-3-7-19-10-11-22(23(16-19)27-2)28-18-21(26)17-24-12-14-25(15-13-24)20-8-5-4-6-9-20/h3-11,16,21,26H,12-15,17-18H2,1-2H3. The summed E-state index contributed by atoms with van der Waals surface area (Å²) in [6.07, 6.45) is 3.45. The highest BCUT2D eigenvalue weighted by atomic mass is 16.5. The number of allylic oxidation sites excluding steroid dienone is 1. The van der Waals surface area contributed by atoms with Crippen LogP contribution in [0.15, 0.2) is 54.6 Å². The Bertz CT molecular complexity index is 756. The number of aliphatic hydroxyl groups is 1. The Morgan fingerprint density at radius 1 is 1.04 bits per heavy atom. The lowest BCUT2D eigenvalue weighted by molar-refractivity contribution is 0.0653. The van der Waals surface area contributed by atoms with Crippen LogP contribution in [0.25, 0.3) is 6.08 Å². The molecule has 1 aliphatic heterocycles. The molecule has 1 atom stereocenters. The number of piperazine rings is 1. The first kappa shape index (κ1) is 20.2. The maximum atomic E-state index is 10.4. The van der Waals surface area contributed by atoms with Crippen LogP contribution in [-0.4, -0.2) is 62.6 Å². The Kier molecular flexibility index (Phi) is 7.34. The van der Waals surface area contributed by atoms with E-state index in [1.54, 1.807) is 7.11 Å². The first-order valence-electron chi connectivity index (χ1n) is 9.83. The van der Waals surface area contributed by atoms with Gasteiger partial charge in [-0.3, -0.25) is 4.90 Å². The summed E-state index contributed by atoms with van der Waals surface area (Å²) in [6.45, 7) is 6.66. The summed E-state index contributed by atoms with van der Waals surface area (Å²) in [4.78, 5) is 4.68. The Hall–Kier alpha value is -2.50.